The molecule has 0 fully saturated rings. The minimum Gasteiger partial charge on any atom is -0.463 e. The van der Waals surface area contributed by atoms with Gasteiger partial charge in [-0.2, -0.15) is 0 Å². The number of aromatic nitrogens is 2. The van der Waals surface area contributed by atoms with Crippen LogP contribution in [-0.4, -0.2) is 9.55 Å². The summed E-state index contributed by atoms with van der Waals surface area (Å²) in [6.07, 6.45) is 3.39. The maximum Gasteiger partial charge on any atom is 0.156 e. The number of furan rings is 1. The van der Waals surface area contributed by atoms with Crippen LogP contribution in [0.4, 0.5) is 0 Å². The van der Waals surface area contributed by atoms with Crippen LogP contribution >= 0.6 is 11.6 Å². The van der Waals surface area contributed by atoms with E-state index < -0.39 is 0 Å². The van der Waals surface area contributed by atoms with Crippen molar-refractivity contribution in [3.05, 3.63) is 47.4 Å². The van der Waals surface area contributed by atoms with Crippen molar-refractivity contribution in [1.29, 1.82) is 0 Å². The zero-order valence-corrected chi connectivity index (χ0v) is 9.40. The third kappa shape index (κ3) is 1.25. The average Bonchev–Trinajstić information content (AvgIpc) is 2.79. The van der Waals surface area contributed by atoms with Crippen LogP contribution in [0, 0.1) is 6.92 Å². The lowest BCUT2D eigenvalue weighted by Gasteiger charge is -2.07. The van der Waals surface area contributed by atoms with E-state index in [0.29, 0.717) is 5.02 Å². The molecule has 0 aliphatic carbocycles. The van der Waals surface area contributed by atoms with E-state index in [1.54, 1.807) is 12.5 Å². The summed E-state index contributed by atoms with van der Waals surface area (Å²) >= 11 is 6.14. The van der Waals surface area contributed by atoms with Gasteiger partial charge in [0.25, 0.3) is 0 Å². The lowest BCUT2D eigenvalue weighted by atomic mass is 10.4. The Labute approximate surface area is 97.3 Å². The first-order valence-corrected chi connectivity index (χ1v) is 5.31. The third-order valence-corrected chi connectivity index (χ3v) is 2.85. The molecule has 3 heterocycles. The lowest BCUT2D eigenvalue weighted by molar-refractivity contribution is 0.616. The minimum atomic E-state index is 0.629. The van der Waals surface area contributed by atoms with Gasteiger partial charge in [0.15, 0.2) is 11.4 Å². The van der Waals surface area contributed by atoms with E-state index in [0.717, 1.165) is 22.6 Å². The molecular weight excluding hydrogens is 224 g/mol. The fourth-order valence-corrected chi connectivity index (χ4v) is 2.08. The van der Waals surface area contributed by atoms with Crippen molar-refractivity contribution >= 4 is 22.7 Å². The molecule has 3 aromatic heterocycles. The van der Waals surface area contributed by atoms with Crippen molar-refractivity contribution < 1.29 is 4.42 Å². The molecular formula is C12H9ClN2O. The summed E-state index contributed by atoms with van der Waals surface area (Å²) in [7, 11) is 0. The van der Waals surface area contributed by atoms with E-state index in [1.165, 1.54) is 0 Å². The lowest BCUT2D eigenvalue weighted by Crippen LogP contribution is -1.99. The fourth-order valence-electron chi connectivity index (χ4n) is 1.87. The van der Waals surface area contributed by atoms with E-state index in [-0.39, 0.29) is 0 Å². The first-order valence-electron chi connectivity index (χ1n) is 4.94. The molecule has 0 bridgehead atoms. The Kier molecular flexibility index (Phi) is 2.01. The summed E-state index contributed by atoms with van der Waals surface area (Å²) in [5.74, 6) is 0.734. The van der Waals surface area contributed by atoms with Gasteiger partial charge in [-0.25, -0.2) is 4.98 Å². The monoisotopic (exact) mass is 232 g/mol. The van der Waals surface area contributed by atoms with Crippen LogP contribution < -0.4 is 0 Å². The molecule has 0 atom stereocenters. The van der Waals surface area contributed by atoms with E-state index >= 15 is 0 Å². The molecule has 0 saturated heterocycles. The second-order valence-corrected chi connectivity index (χ2v) is 4.01. The van der Waals surface area contributed by atoms with Crippen LogP contribution in [0.15, 0.2) is 41.1 Å². The summed E-state index contributed by atoms with van der Waals surface area (Å²) in [5.41, 5.74) is 2.88. The van der Waals surface area contributed by atoms with Crippen molar-refractivity contribution in [3.8, 4) is 5.82 Å². The van der Waals surface area contributed by atoms with Gasteiger partial charge in [-0.3, -0.25) is 4.57 Å². The Hall–Kier alpha value is -1.74. The van der Waals surface area contributed by atoms with Crippen molar-refractivity contribution in [2.45, 2.75) is 6.92 Å². The van der Waals surface area contributed by atoms with Gasteiger partial charge < -0.3 is 4.42 Å². The van der Waals surface area contributed by atoms with Crippen molar-refractivity contribution in [1.82, 2.24) is 9.55 Å². The Morgan fingerprint density at radius 2 is 2.25 bits per heavy atom. The number of halogens is 1. The summed E-state index contributed by atoms with van der Waals surface area (Å²) in [6.45, 7) is 2.00. The normalized spacial score (nSPS) is 11.1. The maximum atomic E-state index is 6.14. The molecule has 3 rings (SSSR count). The van der Waals surface area contributed by atoms with Crippen LogP contribution in [0.3, 0.4) is 0 Å². The molecule has 80 valence electrons. The van der Waals surface area contributed by atoms with Gasteiger partial charge in [-0.15, -0.1) is 0 Å². The average molecular weight is 233 g/mol. The number of fused-ring (bicyclic) bond motifs is 1. The number of hydrogen-bond acceptors (Lipinski definition) is 2. The van der Waals surface area contributed by atoms with Gasteiger partial charge in [0, 0.05) is 24.0 Å². The van der Waals surface area contributed by atoms with E-state index in [2.05, 4.69) is 4.98 Å². The van der Waals surface area contributed by atoms with Gasteiger partial charge in [-0.1, -0.05) is 11.6 Å². The molecule has 0 amide bonds. The molecule has 4 heteroatoms. The zero-order valence-electron chi connectivity index (χ0n) is 8.64. The highest BCUT2D eigenvalue weighted by Gasteiger charge is 2.12. The number of aryl methyl sites for hydroxylation is 1. The molecule has 3 nitrogen and oxygen atoms in total. The number of pyridine rings is 1. The van der Waals surface area contributed by atoms with Gasteiger partial charge in [0.05, 0.1) is 16.8 Å². The predicted molar refractivity (Wildman–Crippen MR) is 63.1 cm³/mol. The minimum absolute atomic E-state index is 0.629. The van der Waals surface area contributed by atoms with Crippen LogP contribution in [-0.2, 0) is 0 Å². The largest absolute Gasteiger partial charge is 0.463 e. The molecule has 0 spiro atoms. The number of nitrogens with zero attached hydrogens (tertiary/aromatic N) is 2. The topological polar surface area (TPSA) is 31.0 Å². The van der Waals surface area contributed by atoms with Crippen LogP contribution in [0.2, 0.25) is 5.02 Å². The molecule has 0 unspecified atom stereocenters. The second-order valence-electron chi connectivity index (χ2n) is 3.60. The Morgan fingerprint density at radius 3 is 3.06 bits per heavy atom. The molecule has 0 N–H and O–H groups in total. The SMILES string of the molecule is Cc1cc2occc2n1-c1ncccc1Cl. The summed E-state index contributed by atoms with van der Waals surface area (Å²) in [5, 5.41) is 0.629. The molecule has 0 saturated carbocycles. The predicted octanol–water partition coefficient (Wildman–Crippen LogP) is 3.58. The summed E-state index contributed by atoms with van der Waals surface area (Å²) in [4.78, 5) is 4.30. The summed E-state index contributed by atoms with van der Waals surface area (Å²) < 4.78 is 7.34. The van der Waals surface area contributed by atoms with Crippen molar-refractivity contribution in [2.24, 2.45) is 0 Å². The van der Waals surface area contributed by atoms with Gasteiger partial charge in [0.1, 0.15) is 0 Å². The Bertz CT molecular complexity index is 654. The quantitative estimate of drug-likeness (QED) is 0.642. The highest BCUT2D eigenvalue weighted by molar-refractivity contribution is 6.32. The van der Waals surface area contributed by atoms with E-state index in [9.17, 15) is 0 Å². The first kappa shape index (κ1) is 9.48. The third-order valence-electron chi connectivity index (χ3n) is 2.56. The Balaban J connectivity index is 2.37. The van der Waals surface area contributed by atoms with Crippen molar-refractivity contribution in [3.63, 3.8) is 0 Å². The smallest absolute Gasteiger partial charge is 0.156 e. The number of rotatable bonds is 1. The van der Waals surface area contributed by atoms with Gasteiger partial charge in [0.2, 0.25) is 0 Å². The number of hydrogen-bond donors (Lipinski definition) is 0. The molecule has 0 radical (unpaired) electrons. The molecule has 0 aliphatic rings. The van der Waals surface area contributed by atoms with Crippen LogP contribution in [0.5, 0.6) is 0 Å². The second kappa shape index (κ2) is 3.39. The van der Waals surface area contributed by atoms with Crippen molar-refractivity contribution in [2.75, 3.05) is 0 Å². The molecule has 3 aromatic rings. The van der Waals surface area contributed by atoms with Gasteiger partial charge in [-0.05, 0) is 19.1 Å². The highest BCUT2D eigenvalue weighted by atomic mass is 35.5. The standard InChI is InChI=1S/C12H9ClN2O/c1-8-7-11-10(4-6-16-11)15(8)12-9(13)3-2-5-14-12/h2-7H,1H3. The van der Waals surface area contributed by atoms with Crippen LogP contribution in [0.1, 0.15) is 5.69 Å². The molecule has 16 heavy (non-hydrogen) atoms. The highest BCUT2D eigenvalue weighted by Crippen LogP contribution is 2.27. The van der Waals surface area contributed by atoms with Crippen LogP contribution in [0.25, 0.3) is 16.9 Å². The van der Waals surface area contributed by atoms with Gasteiger partial charge >= 0.3 is 0 Å². The van der Waals surface area contributed by atoms with E-state index in [4.69, 9.17) is 16.0 Å². The Morgan fingerprint density at radius 1 is 1.38 bits per heavy atom. The maximum absolute atomic E-state index is 6.14. The molecule has 0 aromatic carbocycles. The molecule has 0 aliphatic heterocycles. The zero-order chi connectivity index (χ0) is 11.1. The van der Waals surface area contributed by atoms with E-state index in [1.807, 2.05) is 35.8 Å². The fraction of sp³-hybridized carbons (Fsp3) is 0.0833. The first-order chi connectivity index (χ1) is 7.77. The summed E-state index contributed by atoms with van der Waals surface area (Å²) in [6, 6.07) is 7.53.